The van der Waals surface area contributed by atoms with Crippen LogP contribution in [0.4, 0.5) is 5.69 Å². The second kappa shape index (κ2) is 9.09. The van der Waals surface area contributed by atoms with Crippen LogP contribution in [-0.4, -0.2) is 37.3 Å². The van der Waals surface area contributed by atoms with Gasteiger partial charge in [-0.05, 0) is 36.6 Å². The summed E-state index contributed by atoms with van der Waals surface area (Å²) in [5, 5.41) is 21.2. The first-order valence-electron chi connectivity index (χ1n) is 8.48. The van der Waals surface area contributed by atoms with Crippen molar-refractivity contribution in [2.75, 3.05) is 25.1 Å². The van der Waals surface area contributed by atoms with Gasteiger partial charge in [0, 0.05) is 25.3 Å². The maximum atomic E-state index is 12.3. The van der Waals surface area contributed by atoms with Gasteiger partial charge in [0.15, 0.2) is 0 Å². The van der Waals surface area contributed by atoms with Gasteiger partial charge >= 0.3 is 0 Å². The van der Waals surface area contributed by atoms with Crippen LogP contribution in [-0.2, 0) is 4.79 Å². The molecule has 5 nitrogen and oxygen atoms in total. The molecule has 0 aromatic heterocycles. The number of carbonyl (C=O) groups is 1. The largest absolute Gasteiger partial charge is 0.395 e. The number of anilines is 1. The number of amides is 1. The van der Waals surface area contributed by atoms with Crippen molar-refractivity contribution in [3.05, 3.63) is 35.4 Å². The average Bonchev–Trinajstić information content (AvgIpc) is 2.61. The molecule has 0 unspecified atom stereocenters. The molecule has 0 bridgehead atoms. The Bertz CT molecular complexity index is 610. The third-order valence-electron chi connectivity index (χ3n) is 4.39. The molecule has 5 heteroatoms. The van der Waals surface area contributed by atoms with Crippen LogP contribution >= 0.6 is 0 Å². The zero-order valence-electron chi connectivity index (χ0n) is 14.2. The minimum Gasteiger partial charge on any atom is -0.395 e. The van der Waals surface area contributed by atoms with Crippen molar-refractivity contribution >= 4 is 17.7 Å². The van der Waals surface area contributed by atoms with E-state index in [-0.39, 0.29) is 24.1 Å². The standard InChI is InChI=1S/C19H25N3O2/c1-22(11-12-23)18-9-7-15(8-10-18)13-16(14-20)19(24)21-17-5-3-2-4-6-17/h7-10,13,17,23H,2-6,11-12H2,1H3,(H,21,24)/b16-13+. The van der Waals surface area contributed by atoms with Gasteiger partial charge in [-0.2, -0.15) is 5.26 Å². The molecule has 1 aliphatic rings. The van der Waals surface area contributed by atoms with E-state index in [1.807, 2.05) is 42.3 Å². The number of nitrogens with one attached hydrogen (secondary N) is 1. The first kappa shape index (κ1) is 18.0. The Morgan fingerprint density at radius 2 is 2.00 bits per heavy atom. The molecule has 1 amide bonds. The highest BCUT2D eigenvalue weighted by Gasteiger charge is 2.18. The van der Waals surface area contributed by atoms with Gasteiger partial charge in [-0.1, -0.05) is 31.4 Å². The van der Waals surface area contributed by atoms with Gasteiger partial charge in [-0.3, -0.25) is 4.79 Å². The quantitative estimate of drug-likeness (QED) is 0.621. The van der Waals surface area contributed by atoms with Crippen molar-refractivity contribution in [2.24, 2.45) is 0 Å². The second-order valence-electron chi connectivity index (χ2n) is 6.21. The van der Waals surface area contributed by atoms with Gasteiger partial charge in [0.05, 0.1) is 6.61 Å². The molecule has 128 valence electrons. The van der Waals surface area contributed by atoms with Crippen LogP contribution in [0.1, 0.15) is 37.7 Å². The van der Waals surface area contributed by atoms with Crippen molar-refractivity contribution < 1.29 is 9.90 Å². The van der Waals surface area contributed by atoms with Gasteiger partial charge in [-0.15, -0.1) is 0 Å². The lowest BCUT2D eigenvalue weighted by Crippen LogP contribution is -2.36. The number of hydrogen-bond acceptors (Lipinski definition) is 4. The van der Waals surface area contributed by atoms with Gasteiger partial charge in [0.1, 0.15) is 11.6 Å². The van der Waals surface area contributed by atoms with Crippen molar-refractivity contribution in [2.45, 2.75) is 38.1 Å². The Morgan fingerprint density at radius 1 is 1.33 bits per heavy atom. The summed E-state index contributed by atoms with van der Waals surface area (Å²) in [6.45, 7) is 0.653. The Balaban J connectivity index is 2.03. The molecule has 2 rings (SSSR count). The van der Waals surface area contributed by atoms with E-state index < -0.39 is 0 Å². The molecule has 1 aromatic rings. The fraction of sp³-hybridized carbons (Fsp3) is 0.474. The highest BCUT2D eigenvalue weighted by atomic mass is 16.3. The van der Waals surface area contributed by atoms with E-state index in [9.17, 15) is 10.1 Å². The SMILES string of the molecule is CN(CCO)c1ccc(/C=C(\C#N)C(=O)NC2CCCCC2)cc1. The topological polar surface area (TPSA) is 76.4 Å². The maximum absolute atomic E-state index is 12.3. The van der Waals surface area contributed by atoms with Crippen LogP contribution in [0.2, 0.25) is 0 Å². The zero-order chi connectivity index (χ0) is 17.4. The third-order valence-corrected chi connectivity index (χ3v) is 4.39. The molecule has 1 aromatic carbocycles. The number of aliphatic hydroxyl groups is 1. The summed E-state index contributed by atoms with van der Waals surface area (Å²) in [5.74, 6) is -0.286. The van der Waals surface area contributed by atoms with E-state index in [2.05, 4.69) is 5.32 Å². The normalized spacial score (nSPS) is 15.6. The van der Waals surface area contributed by atoms with Crippen molar-refractivity contribution in [3.8, 4) is 6.07 Å². The minimum absolute atomic E-state index is 0.0953. The van der Waals surface area contributed by atoms with Crippen LogP contribution < -0.4 is 10.2 Å². The summed E-state index contributed by atoms with van der Waals surface area (Å²) in [6.07, 6.45) is 7.11. The predicted molar refractivity (Wildman–Crippen MR) is 95.4 cm³/mol. The summed E-state index contributed by atoms with van der Waals surface area (Å²) >= 11 is 0. The summed E-state index contributed by atoms with van der Waals surface area (Å²) < 4.78 is 0. The first-order chi connectivity index (χ1) is 11.6. The lowest BCUT2D eigenvalue weighted by molar-refractivity contribution is -0.117. The zero-order valence-corrected chi connectivity index (χ0v) is 14.2. The Hall–Kier alpha value is -2.32. The summed E-state index contributed by atoms with van der Waals surface area (Å²) in [7, 11) is 1.90. The molecule has 24 heavy (non-hydrogen) atoms. The average molecular weight is 327 g/mol. The van der Waals surface area contributed by atoms with Crippen molar-refractivity contribution in [1.29, 1.82) is 5.26 Å². The van der Waals surface area contributed by atoms with E-state index in [0.717, 1.165) is 36.9 Å². The third kappa shape index (κ3) is 5.10. The van der Waals surface area contributed by atoms with Crippen LogP contribution in [0.3, 0.4) is 0 Å². The van der Waals surface area contributed by atoms with E-state index in [4.69, 9.17) is 5.11 Å². The summed E-state index contributed by atoms with van der Waals surface area (Å²) in [6, 6.07) is 9.76. The van der Waals surface area contributed by atoms with Crippen LogP contribution in [0.5, 0.6) is 0 Å². The Morgan fingerprint density at radius 3 is 2.58 bits per heavy atom. The van der Waals surface area contributed by atoms with Crippen LogP contribution in [0.15, 0.2) is 29.8 Å². The van der Waals surface area contributed by atoms with Gasteiger partial charge < -0.3 is 15.3 Å². The summed E-state index contributed by atoms with van der Waals surface area (Å²) in [4.78, 5) is 14.2. The lowest BCUT2D eigenvalue weighted by Gasteiger charge is -2.22. The van der Waals surface area contributed by atoms with E-state index in [1.165, 1.54) is 6.42 Å². The molecule has 0 radical (unpaired) electrons. The van der Waals surface area contributed by atoms with E-state index in [0.29, 0.717) is 6.54 Å². The van der Waals surface area contributed by atoms with Crippen molar-refractivity contribution in [1.82, 2.24) is 5.32 Å². The molecular weight excluding hydrogens is 302 g/mol. The van der Waals surface area contributed by atoms with E-state index >= 15 is 0 Å². The van der Waals surface area contributed by atoms with Crippen molar-refractivity contribution in [3.63, 3.8) is 0 Å². The smallest absolute Gasteiger partial charge is 0.262 e. The molecule has 1 fully saturated rings. The molecule has 0 atom stereocenters. The maximum Gasteiger partial charge on any atom is 0.262 e. The van der Waals surface area contributed by atoms with E-state index in [1.54, 1.807) is 6.08 Å². The first-order valence-corrected chi connectivity index (χ1v) is 8.48. The molecule has 0 aliphatic heterocycles. The number of hydrogen-bond donors (Lipinski definition) is 2. The number of rotatable bonds is 6. The monoisotopic (exact) mass is 327 g/mol. The highest BCUT2D eigenvalue weighted by Crippen LogP contribution is 2.19. The number of aliphatic hydroxyl groups excluding tert-OH is 1. The highest BCUT2D eigenvalue weighted by molar-refractivity contribution is 6.01. The molecule has 0 heterocycles. The lowest BCUT2D eigenvalue weighted by atomic mass is 9.95. The van der Waals surface area contributed by atoms with Gasteiger partial charge in [0.25, 0.3) is 5.91 Å². The Kier molecular flexibility index (Phi) is 6.83. The van der Waals surface area contributed by atoms with Crippen LogP contribution in [0.25, 0.3) is 6.08 Å². The summed E-state index contributed by atoms with van der Waals surface area (Å²) in [5.41, 5.74) is 1.93. The van der Waals surface area contributed by atoms with Gasteiger partial charge in [0.2, 0.25) is 0 Å². The second-order valence-corrected chi connectivity index (χ2v) is 6.21. The molecule has 1 saturated carbocycles. The Labute approximate surface area is 143 Å². The van der Waals surface area contributed by atoms with Gasteiger partial charge in [-0.25, -0.2) is 0 Å². The number of nitrogens with zero attached hydrogens (tertiary/aromatic N) is 2. The molecule has 0 spiro atoms. The fourth-order valence-corrected chi connectivity index (χ4v) is 2.93. The number of likely N-dealkylation sites (N-methyl/N-ethyl adjacent to an activating group) is 1. The molecule has 0 saturated heterocycles. The fourth-order valence-electron chi connectivity index (χ4n) is 2.93. The predicted octanol–water partition coefficient (Wildman–Crippen LogP) is 2.47. The molecule has 2 N–H and O–H groups in total. The number of carbonyl (C=O) groups excluding carboxylic acids is 1. The number of nitriles is 1. The number of benzene rings is 1. The minimum atomic E-state index is -0.286. The molecule has 1 aliphatic carbocycles. The van der Waals surface area contributed by atoms with Crippen LogP contribution in [0, 0.1) is 11.3 Å². The molecular formula is C19H25N3O2.